The number of amides is 1. The Labute approximate surface area is 127 Å². The zero-order chi connectivity index (χ0) is 15.5. The van der Waals surface area contributed by atoms with Gasteiger partial charge in [0.2, 0.25) is 0 Å². The van der Waals surface area contributed by atoms with Crippen molar-refractivity contribution in [2.45, 2.75) is 6.92 Å². The van der Waals surface area contributed by atoms with Crippen LogP contribution in [-0.4, -0.2) is 16.1 Å². The standard InChI is InChI=1S/C17H14FN3O/c1-11-9-16(21-20-11)12-5-7-15(8-6-12)19-17(22)13-3-2-4-14(18)10-13/h2-10H,1H3,(H,19,22)(H,20,21). The van der Waals surface area contributed by atoms with Crippen LogP contribution in [0.5, 0.6) is 0 Å². The molecule has 110 valence electrons. The van der Waals surface area contributed by atoms with E-state index in [-0.39, 0.29) is 11.5 Å². The van der Waals surface area contributed by atoms with Crippen LogP contribution < -0.4 is 5.32 Å². The van der Waals surface area contributed by atoms with Crippen LogP contribution in [-0.2, 0) is 0 Å². The number of nitrogens with one attached hydrogen (secondary N) is 2. The average Bonchev–Trinajstić information content (AvgIpc) is 2.94. The molecule has 0 atom stereocenters. The van der Waals surface area contributed by atoms with Crippen LogP contribution in [0.15, 0.2) is 54.6 Å². The molecule has 4 nitrogen and oxygen atoms in total. The van der Waals surface area contributed by atoms with Crippen LogP contribution >= 0.6 is 0 Å². The zero-order valence-corrected chi connectivity index (χ0v) is 11.9. The van der Waals surface area contributed by atoms with Gasteiger partial charge in [-0.3, -0.25) is 9.89 Å². The van der Waals surface area contributed by atoms with Gasteiger partial charge in [-0.05, 0) is 43.3 Å². The highest BCUT2D eigenvalue weighted by Crippen LogP contribution is 2.20. The van der Waals surface area contributed by atoms with E-state index in [1.54, 1.807) is 18.2 Å². The lowest BCUT2D eigenvalue weighted by Crippen LogP contribution is -2.11. The summed E-state index contributed by atoms with van der Waals surface area (Å²) >= 11 is 0. The normalized spacial score (nSPS) is 10.5. The van der Waals surface area contributed by atoms with Crippen LogP contribution in [0.3, 0.4) is 0 Å². The zero-order valence-electron chi connectivity index (χ0n) is 11.9. The monoisotopic (exact) mass is 295 g/mol. The molecule has 2 aromatic carbocycles. The summed E-state index contributed by atoms with van der Waals surface area (Å²) in [5, 5.41) is 9.80. The van der Waals surface area contributed by atoms with E-state index in [0.29, 0.717) is 5.69 Å². The molecule has 3 aromatic rings. The number of benzene rings is 2. The third kappa shape index (κ3) is 3.03. The van der Waals surface area contributed by atoms with Crippen molar-refractivity contribution in [2.24, 2.45) is 0 Å². The molecular weight excluding hydrogens is 281 g/mol. The van der Waals surface area contributed by atoms with Gasteiger partial charge in [0.15, 0.2) is 0 Å². The number of hydrogen-bond acceptors (Lipinski definition) is 2. The summed E-state index contributed by atoms with van der Waals surface area (Å²) in [7, 11) is 0. The topological polar surface area (TPSA) is 57.8 Å². The lowest BCUT2D eigenvalue weighted by atomic mass is 10.1. The van der Waals surface area contributed by atoms with Crippen molar-refractivity contribution in [3.63, 3.8) is 0 Å². The van der Waals surface area contributed by atoms with Crippen molar-refractivity contribution in [3.8, 4) is 11.3 Å². The highest BCUT2D eigenvalue weighted by molar-refractivity contribution is 6.04. The van der Waals surface area contributed by atoms with Gasteiger partial charge in [0, 0.05) is 22.5 Å². The molecule has 0 unspecified atom stereocenters. The maximum atomic E-state index is 13.1. The number of aryl methyl sites for hydroxylation is 1. The number of H-pyrrole nitrogens is 1. The van der Waals surface area contributed by atoms with Crippen LogP contribution in [0, 0.1) is 12.7 Å². The number of aromatic amines is 1. The number of aromatic nitrogens is 2. The summed E-state index contributed by atoms with van der Waals surface area (Å²) < 4.78 is 13.1. The molecular formula is C17H14FN3O. The fourth-order valence-electron chi connectivity index (χ4n) is 2.12. The Balaban J connectivity index is 1.75. The summed E-state index contributed by atoms with van der Waals surface area (Å²) in [6.45, 7) is 1.93. The Morgan fingerprint density at radius 1 is 1.14 bits per heavy atom. The predicted molar refractivity (Wildman–Crippen MR) is 83.1 cm³/mol. The molecule has 0 aliphatic rings. The first-order valence-corrected chi connectivity index (χ1v) is 6.81. The minimum absolute atomic E-state index is 0.284. The highest BCUT2D eigenvalue weighted by Gasteiger charge is 2.07. The molecule has 5 heteroatoms. The quantitative estimate of drug-likeness (QED) is 0.772. The molecule has 0 bridgehead atoms. The summed E-state index contributed by atoms with van der Waals surface area (Å²) in [6.07, 6.45) is 0. The molecule has 0 saturated carbocycles. The van der Waals surface area contributed by atoms with Crippen LogP contribution in [0.4, 0.5) is 10.1 Å². The Kier molecular flexibility index (Phi) is 3.70. The minimum Gasteiger partial charge on any atom is -0.322 e. The first kappa shape index (κ1) is 14.0. The van der Waals surface area contributed by atoms with E-state index in [9.17, 15) is 9.18 Å². The Morgan fingerprint density at radius 2 is 1.91 bits per heavy atom. The van der Waals surface area contributed by atoms with Crippen molar-refractivity contribution in [1.29, 1.82) is 0 Å². The second-order valence-corrected chi connectivity index (χ2v) is 4.98. The van der Waals surface area contributed by atoms with Crippen molar-refractivity contribution in [1.82, 2.24) is 10.2 Å². The van der Waals surface area contributed by atoms with E-state index in [1.807, 2.05) is 25.1 Å². The van der Waals surface area contributed by atoms with Crippen LogP contribution in [0.2, 0.25) is 0 Å². The molecule has 3 rings (SSSR count). The fraction of sp³-hybridized carbons (Fsp3) is 0.0588. The van der Waals surface area contributed by atoms with Gasteiger partial charge in [-0.1, -0.05) is 18.2 Å². The number of anilines is 1. The molecule has 2 N–H and O–H groups in total. The highest BCUT2D eigenvalue weighted by atomic mass is 19.1. The third-order valence-electron chi connectivity index (χ3n) is 3.23. The first-order valence-electron chi connectivity index (χ1n) is 6.81. The summed E-state index contributed by atoms with van der Waals surface area (Å²) in [6, 6.07) is 14.8. The van der Waals surface area contributed by atoms with Gasteiger partial charge in [-0.2, -0.15) is 5.10 Å². The summed E-state index contributed by atoms with van der Waals surface area (Å²) in [5.74, 6) is -0.778. The van der Waals surface area contributed by atoms with Crippen molar-refractivity contribution in [3.05, 3.63) is 71.7 Å². The van der Waals surface area contributed by atoms with Crippen LogP contribution in [0.1, 0.15) is 16.1 Å². The second kappa shape index (κ2) is 5.81. The van der Waals surface area contributed by atoms with Gasteiger partial charge >= 0.3 is 0 Å². The van der Waals surface area contributed by atoms with Gasteiger partial charge < -0.3 is 5.32 Å². The van der Waals surface area contributed by atoms with E-state index < -0.39 is 5.82 Å². The SMILES string of the molecule is Cc1cc(-c2ccc(NC(=O)c3cccc(F)c3)cc2)n[nH]1. The van der Waals surface area contributed by atoms with Gasteiger partial charge in [0.25, 0.3) is 5.91 Å². The van der Waals surface area contributed by atoms with E-state index >= 15 is 0 Å². The van der Waals surface area contributed by atoms with Crippen molar-refractivity contribution >= 4 is 11.6 Å². The largest absolute Gasteiger partial charge is 0.322 e. The number of rotatable bonds is 3. The van der Waals surface area contributed by atoms with E-state index in [1.165, 1.54) is 18.2 Å². The predicted octanol–water partition coefficient (Wildman–Crippen LogP) is 3.78. The lowest BCUT2D eigenvalue weighted by Gasteiger charge is -2.06. The minimum atomic E-state index is -0.433. The molecule has 0 radical (unpaired) electrons. The van der Waals surface area contributed by atoms with Gasteiger partial charge in [0.05, 0.1) is 5.69 Å². The molecule has 22 heavy (non-hydrogen) atoms. The number of halogens is 1. The van der Waals surface area contributed by atoms with E-state index in [4.69, 9.17) is 0 Å². The number of carbonyl (C=O) groups is 1. The molecule has 0 aliphatic carbocycles. The Bertz CT molecular complexity index is 809. The van der Waals surface area contributed by atoms with Crippen molar-refractivity contribution < 1.29 is 9.18 Å². The Morgan fingerprint density at radius 3 is 2.55 bits per heavy atom. The maximum absolute atomic E-state index is 13.1. The van der Waals surface area contributed by atoms with Gasteiger partial charge in [-0.15, -0.1) is 0 Å². The van der Waals surface area contributed by atoms with E-state index in [2.05, 4.69) is 15.5 Å². The average molecular weight is 295 g/mol. The number of nitrogens with zero attached hydrogens (tertiary/aromatic N) is 1. The molecule has 1 heterocycles. The molecule has 0 saturated heterocycles. The summed E-state index contributed by atoms with van der Waals surface area (Å²) in [4.78, 5) is 12.0. The number of hydrogen-bond donors (Lipinski definition) is 2. The fourth-order valence-corrected chi connectivity index (χ4v) is 2.12. The first-order chi connectivity index (χ1) is 10.6. The lowest BCUT2D eigenvalue weighted by molar-refractivity contribution is 0.102. The summed E-state index contributed by atoms with van der Waals surface area (Å²) in [5.41, 5.74) is 3.71. The second-order valence-electron chi connectivity index (χ2n) is 4.98. The van der Waals surface area contributed by atoms with Crippen molar-refractivity contribution in [2.75, 3.05) is 5.32 Å². The molecule has 0 aliphatic heterocycles. The molecule has 0 spiro atoms. The molecule has 0 fully saturated rings. The Hall–Kier alpha value is -2.95. The number of carbonyl (C=O) groups excluding carboxylic acids is 1. The maximum Gasteiger partial charge on any atom is 0.255 e. The van der Waals surface area contributed by atoms with Gasteiger partial charge in [-0.25, -0.2) is 4.39 Å². The smallest absolute Gasteiger partial charge is 0.255 e. The van der Waals surface area contributed by atoms with E-state index in [0.717, 1.165) is 17.0 Å². The van der Waals surface area contributed by atoms with Crippen LogP contribution in [0.25, 0.3) is 11.3 Å². The van der Waals surface area contributed by atoms with Gasteiger partial charge in [0.1, 0.15) is 5.82 Å². The molecule has 1 aromatic heterocycles. The molecule has 1 amide bonds. The third-order valence-corrected chi connectivity index (χ3v) is 3.23.